The Kier molecular flexibility index (Phi) is 4.99. The van der Waals surface area contributed by atoms with Crippen molar-refractivity contribution < 1.29 is 4.39 Å². The molecule has 1 N–H and O–H groups in total. The fourth-order valence-electron chi connectivity index (χ4n) is 2.68. The van der Waals surface area contributed by atoms with Crippen LogP contribution in [0.2, 0.25) is 5.02 Å². The van der Waals surface area contributed by atoms with Crippen LogP contribution >= 0.6 is 22.9 Å². The van der Waals surface area contributed by atoms with E-state index < -0.39 is 0 Å². The Morgan fingerprint density at radius 2 is 2.17 bits per heavy atom. The lowest BCUT2D eigenvalue weighted by Crippen LogP contribution is -2.33. The van der Waals surface area contributed by atoms with Gasteiger partial charge in [0.05, 0.1) is 0 Å². The van der Waals surface area contributed by atoms with Crippen LogP contribution in [0.15, 0.2) is 46.0 Å². The number of hydrogen-bond donors (Lipinski definition) is 1. The van der Waals surface area contributed by atoms with E-state index in [0.29, 0.717) is 5.02 Å². The Balaban J connectivity index is 2.08. The summed E-state index contributed by atoms with van der Waals surface area (Å²) in [5.41, 5.74) is 2.92. The number of thiazole rings is 1. The molecule has 0 amide bonds. The lowest BCUT2D eigenvalue weighted by Gasteiger charge is -2.29. The maximum Gasteiger partial charge on any atom is 0.163 e. The minimum absolute atomic E-state index is 0.263. The first-order chi connectivity index (χ1) is 11.5. The average Bonchev–Trinajstić information content (AvgIpc) is 3.03. The molecule has 7 heteroatoms. The Morgan fingerprint density at radius 1 is 1.38 bits per heavy atom. The molecule has 0 saturated heterocycles. The highest BCUT2D eigenvalue weighted by Gasteiger charge is 2.27. The minimum atomic E-state index is -0.350. The number of benzene rings is 1. The zero-order chi connectivity index (χ0) is 17.3. The Hall–Kier alpha value is -1.76. The second-order valence-corrected chi connectivity index (χ2v) is 7.20. The number of nitrogens with zero attached hydrogens (tertiary/aromatic N) is 3. The van der Waals surface area contributed by atoms with Crippen LogP contribution in [0.1, 0.15) is 23.5 Å². The molecule has 0 radical (unpaired) electrons. The number of aromatic nitrogens is 1. The van der Waals surface area contributed by atoms with Gasteiger partial charge < -0.3 is 10.2 Å². The summed E-state index contributed by atoms with van der Waals surface area (Å²) in [4.78, 5) is 11.2. The van der Waals surface area contributed by atoms with Crippen LogP contribution in [0.4, 0.5) is 4.39 Å². The predicted octanol–water partition coefficient (Wildman–Crippen LogP) is 3.86. The van der Waals surface area contributed by atoms with Crippen molar-refractivity contribution in [2.24, 2.45) is 4.99 Å². The van der Waals surface area contributed by atoms with Gasteiger partial charge in [0.1, 0.15) is 11.9 Å². The molecular weight excluding hydrogens is 347 g/mol. The summed E-state index contributed by atoms with van der Waals surface area (Å²) in [6.45, 7) is 2.75. The SMILES string of the molecule is CC1=C(CN(C)C)C(c2ccc(F)cc2Cl)N=C(c2nccs2)N1. The van der Waals surface area contributed by atoms with Gasteiger partial charge in [-0.05, 0) is 44.3 Å². The smallest absolute Gasteiger partial charge is 0.163 e. The maximum atomic E-state index is 13.4. The lowest BCUT2D eigenvalue weighted by atomic mass is 9.95. The third kappa shape index (κ3) is 3.50. The standard InChI is InChI=1S/C17H18ClFN4S/c1-10-13(9-23(2)3)15(12-5-4-11(19)8-14(12)18)22-16(21-10)17-20-6-7-24-17/h4-8,15H,9H2,1-3H3,(H,21,22). The largest absolute Gasteiger partial charge is 0.342 e. The molecule has 126 valence electrons. The first-order valence-corrected chi connectivity index (χ1v) is 8.75. The molecular formula is C17H18ClFN4S. The van der Waals surface area contributed by atoms with E-state index >= 15 is 0 Å². The summed E-state index contributed by atoms with van der Waals surface area (Å²) < 4.78 is 13.4. The Morgan fingerprint density at radius 3 is 2.79 bits per heavy atom. The van der Waals surface area contributed by atoms with E-state index in [0.717, 1.165) is 34.2 Å². The molecule has 1 unspecified atom stereocenters. The van der Waals surface area contributed by atoms with E-state index in [9.17, 15) is 4.39 Å². The highest BCUT2D eigenvalue weighted by Crippen LogP contribution is 2.36. The van der Waals surface area contributed by atoms with Crippen LogP contribution in [0, 0.1) is 5.82 Å². The van der Waals surface area contributed by atoms with E-state index in [1.807, 2.05) is 26.4 Å². The normalized spacial score (nSPS) is 17.9. The zero-order valence-electron chi connectivity index (χ0n) is 13.7. The molecule has 1 aromatic carbocycles. The summed E-state index contributed by atoms with van der Waals surface area (Å²) in [6.07, 6.45) is 1.75. The molecule has 1 atom stereocenters. The van der Waals surface area contributed by atoms with Crippen LogP contribution in [0.5, 0.6) is 0 Å². The third-order valence-corrected chi connectivity index (χ3v) is 4.86. The van der Waals surface area contributed by atoms with E-state index in [4.69, 9.17) is 16.6 Å². The Bertz CT molecular complexity index is 799. The molecule has 0 aliphatic carbocycles. The first-order valence-electron chi connectivity index (χ1n) is 7.49. The molecule has 0 bridgehead atoms. The first kappa shape index (κ1) is 17.1. The predicted molar refractivity (Wildman–Crippen MR) is 97.2 cm³/mol. The van der Waals surface area contributed by atoms with Crippen molar-refractivity contribution in [2.75, 3.05) is 20.6 Å². The van der Waals surface area contributed by atoms with Gasteiger partial charge in [-0.25, -0.2) is 9.37 Å². The van der Waals surface area contributed by atoms with E-state index in [1.54, 1.807) is 12.3 Å². The number of aliphatic imine (C=N–C) groups is 1. The van der Waals surface area contributed by atoms with Crippen molar-refractivity contribution >= 4 is 28.8 Å². The summed E-state index contributed by atoms with van der Waals surface area (Å²) in [7, 11) is 4.01. The maximum absolute atomic E-state index is 13.4. The molecule has 24 heavy (non-hydrogen) atoms. The second-order valence-electron chi connectivity index (χ2n) is 5.90. The Labute approximate surface area is 149 Å². The highest BCUT2D eigenvalue weighted by atomic mass is 35.5. The lowest BCUT2D eigenvalue weighted by molar-refractivity contribution is 0.429. The summed E-state index contributed by atoms with van der Waals surface area (Å²) in [6, 6.07) is 4.20. The molecule has 1 aromatic heterocycles. The number of nitrogens with one attached hydrogen (secondary N) is 1. The summed E-state index contributed by atoms with van der Waals surface area (Å²) in [5, 5.41) is 6.45. The van der Waals surface area contributed by atoms with Crippen LogP contribution in [0.25, 0.3) is 0 Å². The number of rotatable bonds is 4. The van der Waals surface area contributed by atoms with E-state index in [-0.39, 0.29) is 11.9 Å². The van der Waals surface area contributed by atoms with Gasteiger partial charge in [0, 0.05) is 28.8 Å². The molecule has 0 spiro atoms. The number of hydrogen-bond acceptors (Lipinski definition) is 5. The molecule has 1 aliphatic rings. The van der Waals surface area contributed by atoms with Crippen molar-refractivity contribution in [1.82, 2.24) is 15.2 Å². The molecule has 0 saturated carbocycles. The number of halogens is 2. The van der Waals surface area contributed by atoms with Crippen molar-refractivity contribution in [3.8, 4) is 0 Å². The monoisotopic (exact) mass is 364 g/mol. The van der Waals surface area contributed by atoms with Gasteiger partial charge in [-0.3, -0.25) is 4.99 Å². The van der Waals surface area contributed by atoms with Crippen molar-refractivity contribution in [2.45, 2.75) is 13.0 Å². The minimum Gasteiger partial charge on any atom is -0.342 e. The number of likely N-dealkylation sites (N-methyl/N-ethyl adjacent to an activating group) is 1. The molecule has 3 rings (SSSR count). The second kappa shape index (κ2) is 7.01. The van der Waals surface area contributed by atoms with Crippen LogP contribution in [-0.4, -0.2) is 36.4 Å². The summed E-state index contributed by atoms with van der Waals surface area (Å²) >= 11 is 7.83. The van der Waals surface area contributed by atoms with Gasteiger partial charge in [-0.15, -0.1) is 11.3 Å². The van der Waals surface area contributed by atoms with Gasteiger partial charge in [-0.2, -0.15) is 0 Å². The zero-order valence-corrected chi connectivity index (χ0v) is 15.2. The van der Waals surface area contributed by atoms with Crippen molar-refractivity contribution in [3.05, 3.63) is 62.5 Å². The molecule has 2 aromatic rings. The third-order valence-electron chi connectivity index (χ3n) is 3.75. The molecule has 0 fully saturated rings. The fourth-order valence-corrected chi connectivity index (χ4v) is 3.54. The quantitative estimate of drug-likeness (QED) is 0.895. The molecule has 1 aliphatic heterocycles. The topological polar surface area (TPSA) is 40.5 Å². The van der Waals surface area contributed by atoms with Gasteiger partial charge in [0.25, 0.3) is 0 Å². The van der Waals surface area contributed by atoms with E-state index in [1.165, 1.54) is 23.5 Å². The molecule has 2 heterocycles. The van der Waals surface area contributed by atoms with Crippen LogP contribution in [0.3, 0.4) is 0 Å². The van der Waals surface area contributed by atoms with Gasteiger partial charge in [0.2, 0.25) is 0 Å². The van der Waals surface area contributed by atoms with Crippen LogP contribution < -0.4 is 5.32 Å². The van der Waals surface area contributed by atoms with Gasteiger partial charge in [-0.1, -0.05) is 17.7 Å². The number of amidine groups is 1. The highest BCUT2D eigenvalue weighted by molar-refractivity contribution is 7.11. The van der Waals surface area contributed by atoms with Gasteiger partial charge >= 0.3 is 0 Å². The van der Waals surface area contributed by atoms with Gasteiger partial charge in [0.15, 0.2) is 10.8 Å². The average molecular weight is 365 g/mol. The van der Waals surface area contributed by atoms with E-state index in [2.05, 4.69) is 15.2 Å². The van der Waals surface area contributed by atoms with Crippen LogP contribution in [-0.2, 0) is 0 Å². The number of allylic oxidation sites excluding steroid dienone is 1. The van der Waals surface area contributed by atoms with Crippen molar-refractivity contribution in [1.29, 1.82) is 0 Å². The summed E-state index contributed by atoms with van der Waals surface area (Å²) in [5.74, 6) is 0.368. The fraction of sp³-hybridized carbons (Fsp3) is 0.294. The van der Waals surface area contributed by atoms with Crippen molar-refractivity contribution in [3.63, 3.8) is 0 Å². The molecule has 4 nitrogen and oxygen atoms in total.